The Hall–Kier alpha value is -1.83. The molecule has 3 rings (SSSR count). The molecule has 2 fully saturated rings. The van der Waals surface area contributed by atoms with E-state index in [1.807, 2.05) is 0 Å². The number of thioether (sulfide) groups is 1. The van der Waals surface area contributed by atoms with Gasteiger partial charge < -0.3 is 10.1 Å². The molecular formula is C14H14F2N2O3S. The monoisotopic (exact) mass is 328 g/mol. The van der Waals surface area contributed by atoms with Crippen LogP contribution in [0.3, 0.4) is 0 Å². The first-order chi connectivity index (χ1) is 10.5. The summed E-state index contributed by atoms with van der Waals surface area (Å²) in [4.78, 5) is 25.7. The molecule has 0 saturated carbocycles. The Morgan fingerprint density at radius 1 is 1.32 bits per heavy atom. The highest BCUT2D eigenvalue weighted by molar-refractivity contribution is 7.99. The van der Waals surface area contributed by atoms with Crippen LogP contribution >= 0.6 is 11.8 Å². The summed E-state index contributed by atoms with van der Waals surface area (Å²) in [6.07, 6.45) is 0.639. The molecule has 0 aliphatic carbocycles. The minimum Gasteiger partial charge on any atom is -0.435 e. The van der Waals surface area contributed by atoms with Crippen LogP contribution in [0.5, 0.6) is 5.75 Å². The van der Waals surface area contributed by atoms with Crippen LogP contribution in [0.2, 0.25) is 0 Å². The summed E-state index contributed by atoms with van der Waals surface area (Å²) in [5.74, 6) is 1.27. The summed E-state index contributed by atoms with van der Waals surface area (Å²) in [6.45, 7) is -2.76. The summed E-state index contributed by atoms with van der Waals surface area (Å²) in [5.41, 5.74) is -0.0895. The van der Waals surface area contributed by atoms with E-state index in [2.05, 4.69) is 10.1 Å². The van der Waals surface area contributed by atoms with Crippen molar-refractivity contribution in [2.24, 2.45) is 0 Å². The van der Waals surface area contributed by atoms with Crippen molar-refractivity contribution >= 4 is 23.7 Å². The van der Waals surface area contributed by atoms with Crippen LogP contribution < -0.4 is 10.1 Å². The van der Waals surface area contributed by atoms with Gasteiger partial charge in [0.25, 0.3) is 5.91 Å². The maximum Gasteiger partial charge on any atom is 0.387 e. The highest BCUT2D eigenvalue weighted by Crippen LogP contribution is 2.34. The number of rotatable bonds is 4. The van der Waals surface area contributed by atoms with Gasteiger partial charge in [-0.1, -0.05) is 12.1 Å². The predicted octanol–water partition coefficient (Wildman–Crippen LogP) is 2.22. The van der Waals surface area contributed by atoms with Crippen molar-refractivity contribution in [2.45, 2.75) is 25.1 Å². The number of urea groups is 1. The first-order valence-electron chi connectivity index (χ1n) is 6.76. The SMILES string of the molecule is O=C1NC2(CCSC2)C(=O)N1Cc1ccc(OC(F)F)cc1. The number of nitrogens with zero attached hydrogens (tertiary/aromatic N) is 1. The van der Waals surface area contributed by atoms with E-state index < -0.39 is 18.2 Å². The number of hydrogen-bond donors (Lipinski definition) is 1. The second kappa shape index (κ2) is 5.75. The van der Waals surface area contributed by atoms with Crippen LogP contribution in [-0.2, 0) is 11.3 Å². The van der Waals surface area contributed by atoms with E-state index in [1.54, 1.807) is 23.9 Å². The maximum absolute atomic E-state index is 12.5. The molecule has 0 aromatic heterocycles. The lowest BCUT2D eigenvalue weighted by Crippen LogP contribution is -2.46. The van der Waals surface area contributed by atoms with Crippen LogP contribution in [0.4, 0.5) is 13.6 Å². The normalized spacial score (nSPS) is 24.4. The van der Waals surface area contributed by atoms with Crippen molar-refractivity contribution in [1.82, 2.24) is 10.2 Å². The molecule has 2 saturated heterocycles. The molecule has 1 atom stereocenters. The topological polar surface area (TPSA) is 58.6 Å². The van der Waals surface area contributed by atoms with Gasteiger partial charge in [0.05, 0.1) is 6.54 Å². The van der Waals surface area contributed by atoms with Gasteiger partial charge in [-0.3, -0.25) is 9.69 Å². The molecule has 118 valence electrons. The molecule has 1 aromatic rings. The van der Waals surface area contributed by atoms with E-state index >= 15 is 0 Å². The number of ether oxygens (including phenoxy) is 1. The van der Waals surface area contributed by atoms with E-state index in [0.717, 1.165) is 5.75 Å². The summed E-state index contributed by atoms with van der Waals surface area (Å²) < 4.78 is 28.4. The number of imide groups is 1. The van der Waals surface area contributed by atoms with E-state index in [0.29, 0.717) is 17.7 Å². The van der Waals surface area contributed by atoms with Crippen molar-refractivity contribution in [1.29, 1.82) is 0 Å². The number of hydrogen-bond acceptors (Lipinski definition) is 4. The average Bonchev–Trinajstić information content (AvgIpc) is 3.02. The van der Waals surface area contributed by atoms with Crippen LogP contribution in [0.25, 0.3) is 0 Å². The van der Waals surface area contributed by atoms with Gasteiger partial charge in [-0.2, -0.15) is 20.5 Å². The number of carbonyl (C=O) groups excluding carboxylic acids is 2. The van der Waals surface area contributed by atoms with Crippen molar-refractivity contribution in [3.8, 4) is 5.75 Å². The highest BCUT2D eigenvalue weighted by Gasteiger charge is 2.52. The molecular weight excluding hydrogens is 314 g/mol. The Bertz CT molecular complexity index is 588. The lowest BCUT2D eigenvalue weighted by atomic mass is 9.99. The van der Waals surface area contributed by atoms with E-state index in [1.165, 1.54) is 17.0 Å². The minimum atomic E-state index is -2.88. The maximum atomic E-state index is 12.5. The van der Waals surface area contributed by atoms with Gasteiger partial charge in [0.15, 0.2) is 0 Å². The predicted molar refractivity (Wildman–Crippen MR) is 76.8 cm³/mol. The van der Waals surface area contributed by atoms with Gasteiger partial charge in [-0.25, -0.2) is 4.79 Å². The van der Waals surface area contributed by atoms with E-state index in [9.17, 15) is 18.4 Å². The summed E-state index contributed by atoms with van der Waals surface area (Å²) in [5, 5.41) is 2.78. The Kier molecular flexibility index (Phi) is 3.94. The molecule has 1 aromatic carbocycles. The van der Waals surface area contributed by atoms with E-state index in [-0.39, 0.29) is 18.2 Å². The second-order valence-corrected chi connectivity index (χ2v) is 6.33. The van der Waals surface area contributed by atoms with Crippen LogP contribution in [-0.4, -0.2) is 40.5 Å². The lowest BCUT2D eigenvalue weighted by molar-refractivity contribution is -0.130. The molecule has 8 heteroatoms. The first-order valence-corrected chi connectivity index (χ1v) is 7.91. The van der Waals surface area contributed by atoms with Gasteiger partial charge in [-0.15, -0.1) is 0 Å². The third kappa shape index (κ3) is 2.75. The molecule has 0 radical (unpaired) electrons. The number of benzene rings is 1. The fourth-order valence-electron chi connectivity index (χ4n) is 2.61. The smallest absolute Gasteiger partial charge is 0.387 e. The Morgan fingerprint density at radius 2 is 2.05 bits per heavy atom. The third-order valence-electron chi connectivity index (χ3n) is 3.76. The molecule has 1 spiro atoms. The Morgan fingerprint density at radius 3 is 2.64 bits per heavy atom. The quantitative estimate of drug-likeness (QED) is 0.861. The zero-order valence-electron chi connectivity index (χ0n) is 11.6. The zero-order valence-corrected chi connectivity index (χ0v) is 12.4. The summed E-state index contributed by atoms with van der Waals surface area (Å²) >= 11 is 1.64. The fourth-order valence-corrected chi connectivity index (χ4v) is 3.94. The van der Waals surface area contributed by atoms with Gasteiger partial charge >= 0.3 is 12.6 Å². The molecule has 2 heterocycles. The Labute approximate surface area is 130 Å². The molecule has 5 nitrogen and oxygen atoms in total. The summed E-state index contributed by atoms with van der Waals surface area (Å²) in [6, 6.07) is 5.50. The molecule has 2 aliphatic heterocycles. The number of carbonyl (C=O) groups is 2. The molecule has 0 bridgehead atoms. The number of amides is 3. The average molecular weight is 328 g/mol. The minimum absolute atomic E-state index is 0.0413. The van der Waals surface area contributed by atoms with Crippen molar-refractivity contribution < 1.29 is 23.1 Å². The van der Waals surface area contributed by atoms with Gasteiger partial charge in [0, 0.05) is 5.75 Å². The molecule has 2 aliphatic rings. The number of halogens is 2. The Balaban J connectivity index is 1.70. The largest absolute Gasteiger partial charge is 0.435 e. The molecule has 22 heavy (non-hydrogen) atoms. The molecule has 1 N–H and O–H groups in total. The van der Waals surface area contributed by atoms with Crippen LogP contribution in [0.15, 0.2) is 24.3 Å². The third-order valence-corrected chi connectivity index (χ3v) is 4.95. The first kappa shape index (κ1) is 15.1. The van der Waals surface area contributed by atoms with E-state index in [4.69, 9.17) is 0 Å². The van der Waals surface area contributed by atoms with Crippen LogP contribution in [0.1, 0.15) is 12.0 Å². The van der Waals surface area contributed by atoms with Crippen molar-refractivity contribution in [3.05, 3.63) is 29.8 Å². The standard InChI is InChI=1S/C14H14F2N2O3S/c15-12(16)21-10-3-1-9(2-4-10)7-18-11(19)14(17-13(18)20)5-6-22-8-14/h1-4,12H,5-8H2,(H,17,20). The molecule has 3 amide bonds. The van der Waals surface area contributed by atoms with Crippen molar-refractivity contribution in [2.75, 3.05) is 11.5 Å². The lowest BCUT2D eigenvalue weighted by Gasteiger charge is -2.19. The van der Waals surface area contributed by atoms with Crippen molar-refractivity contribution in [3.63, 3.8) is 0 Å². The van der Waals surface area contributed by atoms with Gasteiger partial charge in [-0.05, 0) is 29.9 Å². The summed E-state index contributed by atoms with van der Waals surface area (Å²) in [7, 11) is 0. The number of alkyl halides is 2. The second-order valence-electron chi connectivity index (χ2n) is 5.23. The van der Waals surface area contributed by atoms with Gasteiger partial charge in [0.2, 0.25) is 0 Å². The fraction of sp³-hybridized carbons (Fsp3) is 0.429. The zero-order chi connectivity index (χ0) is 15.7. The van der Waals surface area contributed by atoms with Gasteiger partial charge in [0.1, 0.15) is 11.3 Å². The van der Waals surface area contributed by atoms with Crippen LogP contribution in [0, 0.1) is 0 Å². The number of nitrogens with one attached hydrogen (secondary N) is 1. The molecule has 1 unspecified atom stereocenters. The highest BCUT2D eigenvalue weighted by atomic mass is 32.2.